The highest BCUT2D eigenvalue weighted by Gasteiger charge is 2.01. The number of benzene rings is 1. The van der Waals surface area contributed by atoms with Gasteiger partial charge in [0, 0.05) is 6.07 Å². The highest BCUT2D eigenvalue weighted by molar-refractivity contribution is 7.12. The van der Waals surface area contributed by atoms with Crippen LogP contribution in [0.25, 0.3) is 10.2 Å². The van der Waals surface area contributed by atoms with Gasteiger partial charge < -0.3 is 5.11 Å². The average Bonchev–Trinajstić information content (AvgIpc) is 2.36. The first-order chi connectivity index (χ1) is 5.27. The molecule has 0 atom stereocenters. The molecule has 0 amide bonds. The summed E-state index contributed by atoms with van der Waals surface area (Å²) >= 11 is 1.29. The van der Waals surface area contributed by atoms with Gasteiger partial charge in [-0.15, -0.1) is 5.10 Å². The van der Waals surface area contributed by atoms with Gasteiger partial charge in [0.1, 0.15) is 11.3 Å². The van der Waals surface area contributed by atoms with Crippen molar-refractivity contribution in [2.75, 3.05) is 0 Å². The number of aryl methyl sites for hydroxylation is 1. The summed E-state index contributed by atoms with van der Waals surface area (Å²) in [7, 11) is 0. The summed E-state index contributed by atoms with van der Waals surface area (Å²) in [6.07, 6.45) is 0. The Kier molecular flexibility index (Phi) is 1.29. The van der Waals surface area contributed by atoms with Gasteiger partial charge in [0.15, 0.2) is 0 Å². The third-order valence-corrected chi connectivity index (χ3v) is 2.25. The summed E-state index contributed by atoms with van der Waals surface area (Å²) < 4.78 is 4.69. The van der Waals surface area contributed by atoms with Crippen LogP contribution in [-0.2, 0) is 0 Å². The zero-order chi connectivity index (χ0) is 7.84. The molecule has 11 heavy (non-hydrogen) atoms. The summed E-state index contributed by atoms with van der Waals surface area (Å²) in [4.78, 5) is 0. The van der Waals surface area contributed by atoms with Gasteiger partial charge in [-0.3, -0.25) is 0 Å². The van der Waals surface area contributed by atoms with Crippen LogP contribution in [0.3, 0.4) is 0 Å². The Balaban J connectivity index is 2.86. The maximum absolute atomic E-state index is 9.29. The minimum atomic E-state index is 0.309. The van der Waals surface area contributed by atoms with Gasteiger partial charge in [0.05, 0.1) is 4.70 Å². The molecule has 1 heterocycles. The minimum Gasteiger partial charge on any atom is -0.508 e. The molecule has 0 aliphatic rings. The molecule has 1 aromatic carbocycles. The molecule has 56 valence electrons. The van der Waals surface area contributed by atoms with Crippen molar-refractivity contribution in [1.82, 2.24) is 9.59 Å². The van der Waals surface area contributed by atoms with Crippen LogP contribution in [0.5, 0.6) is 5.75 Å². The number of fused-ring (bicyclic) bond motifs is 1. The maximum atomic E-state index is 9.29. The summed E-state index contributed by atoms with van der Waals surface area (Å²) in [5.74, 6) is 0.309. The molecule has 0 saturated heterocycles. The second-order valence-corrected chi connectivity index (χ2v) is 3.17. The number of rotatable bonds is 0. The smallest absolute Gasteiger partial charge is 0.120 e. The van der Waals surface area contributed by atoms with Crippen LogP contribution in [-0.4, -0.2) is 14.7 Å². The highest BCUT2D eigenvalue weighted by atomic mass is 32.1. The lowest BCUT2D eigenvalue weighted by Gasteiger charge is -1.94. The van der Waals surface area contributed by atoms with E-state index in [4.69, 9.17) is 0 Å². The van der Waals surface area contributed by atoms with Crippen LogP contribution >= 0.6 is 11.5 Å². The third-order valence-electron chi connectivity index (χ3n) is 1.57. The molecule has 0 fully saturated rings. The number of nitrogens with zero attached hydrogens (tertiary/aromatic N) is 2. The summed E-state index contributed by atoms with van der Waals surface area (Å²) in [5, 5.41) is 13.2. The Labute approximate surface area is 67.5 Å². The molecule has 1 aromatic heterocycles. The van der Waals surface area contributed by atoms with E-state index in [2.05, 4.69) is 9.59 Å². The number of aromatic nitrogens is 2. The SMILES string of the molecule is Cc1cc2nnsc2cc1O. The zero-order valence-corrected chi connectivity index (χ0v) is 6.72. The molecule has 0 unspecified atom stereocenters. The number of hydrogen-bond donors (Lipinski definition) is 1. The van der Waals surface area contributed by atoms with Crippen molar-refractivity contribution in [1.29, 1.82) is 0 Å². The molecule has 2 aromatic rings. The largest absolute Gasteiger partial charge is 0.508 e. The van der Waals surface area contributed by atoms with E-state index in [1.54, 1.807) is 6.07 Å². The molecule has 1 N–H and O–H groups in total. The average molecular weight is 166 g/mol. The second-order valence-electron chi connectivity index (χ2n) is 2.38. The lowest BCUT2D eigenvalue weighted by Crippen LogP contribution is -1.74. The molecule has 0 saturated carbocycles. The van der Waals surface area contributed by atoms with Crippen molar-refractivity contribution in [3.8, 4) is 5.75 Å². The van der Waals surface area contributed by atoms with E-state index in [1.165, 1.54) is 11.5 Å². The molecule has 0 aliphatic heterocycles. The first-order valence-corrected chi connectivity index (χ1v) is 3.96. The van der Waals surface area contributed by atoms with E-state index < -0.39 is 0 Å². The second kappa shape index (κ2) is 2.17. The van der Waals surface area contributed by atoms with Crippen molar-refractivity contribution in [2.45, 2.75) is 6.92 Å². The van der Waals surface area contributed by atoms with Gasteiger partial charge in [-0.2, -0.15) is 0 Å². The van der Waals surface area contributed by atoms with Crippen LogP contribution in [0.15, 0.2) is 12.1 Å². The first kappa shape index (κ1) is 6.54. The van der Waals surface area contributed by atoms with Gasteiger partial charge in [-0.05, 0) is 30.1 Å². The molecular formula is C7H6N2OS. The number of phenolic OH excluding ortho intramolecular Hbond substituents is 1. The minimum absolute atomic E-state index is 0.309. The quantitative estimate of drug-likeness (QED) is 0.648. The molecule has 0 radical (unpaired) electrons. The fraction of sp³-hybridized carbons (Fsp3) is 0.143. The maximum Gasteiger partial charge on any atom is 0.120 e. The molecule has 3 nitrogen and oxygen atoms in total. The Morgan fingerprint density at radius 1 is 1.45 bits per heavy atom. The van der Waals surface area contributed by atoms with Crippen LogP contribution in [0.2, 0.25) is 0 Å². The highest BCUT2D eigenvalue weighted by Crippen LogP contribution is 2.24. The molecule has 2 rings (SSSR count). The fourth-order valence-corrected chi connectivity index (χ4v) is 1.50. The van der Waals surface area contributed by atoms with Gasteiger partial charge in [0.25, 0.3) is 0 Å². The van der Waals surface area contributed by atoms with Crippen molar-refractivity contribution in [3.63, 3.8) is 0 Å². The monoisotopic (exact) mass is 166 g/mol. The summed E-state index contributed by atoms with van der Waals surface area (Å²) in [5.41, 5.74) is 1.69. The zero-order valence-electron chi connectivity index (χ0n) is 5.90. The number of hydrogen-bond acceptors (Lipinski definition) is 4. The molecular weight excluding hydrogens is 160 g/mol. The van der Waals surface area contributed by atoms with Crippen LogP contribution in [0.1, 0.15) is 5.56 Å². The van der Waals surface area contributed by atoms with Crippen molar-refractivity contribution in [3.05, 3.63) is 17.7 Å². The standard InChI is InChI=1S/C7H6N2OS/c1-4-2-5-7(3-6(4)10)11-9-8-5/h2-3,10H,1H3. The fourth-order valence-electron chi connectivity index (χ4n) is 0.922. The lowest BCUT2D eigenvalue weighted by atomic mass is 10.2. The van der Waals surface area contributed by atoms with E-state index in [0.29, 0.717) is 5.75 Å². The molecule has 0 aliphatic carbocycles. The normalized spacial score (nSPS) is 10.6. The van der Waals surface area contributed by atoms with E-state index in [1.807, 2.05) is 13.0 Å². The van der Waals surface area contributed by atoms with Gasteiger partial charge in [-0.1, -0.05) is 4.49 Å². The van der Waals surface area contributed by atoms with E-state index in [-0.39, 0.29) is 0 Å². The van der Waals surface area contributed by atoms with Gasteiger partial charge in [-0.25, -0.2) is 0 Å². The Morgan fingerprint density at radius 2 is 2.27 bits per heavy atom. The van der Waals surface area contributed by atoms with E-state index in [9.17, 15) is 5.11 Å². The van der Waals surface area contributed by atoms with E-state index >= 15 is 0 Å². The first-order valence-electron chi connectivity index (χ1n) is 3.19. The number of aromatic hydroxyl groups is 1. The molecule has 0 spiro atoms. The van der Waals surface area contributed by atoms with Gasteiger partial charge in [0.2, 0.25) is 0 Å². The lowest BCUT2D eigenvalue weighted by molar-refractivity contribution is 0.472. The van der Waals surface area contributed by atoms with Crippen LogP contribution < -0.4 is 0 Å². The predicted molar refractivity (Wildman–Crippen MR) is 43.8 cm³/mol. The Hall–Kier alpha value is -1.16. The van der Waals surface area contributed by atoms with Crippen molar-refractivity contribution in [2.24, 2.45) is 0 Å². The Bertz CT molecular complexity index is 360. The topological polar surface area (TPSA) is 46.0 Å². The predicted octanol–water partition coefficient (Wildman–Crippen LogP) is 1.71. The van der Waals surface area contributed by atoms with Crippen LogP contribution in [0.4, 0.5) is 0 Å². The summed E-state index contributed by atoms with van der Waals surface area (Å²) in [6.45, 7) is 1.84. The van der Waals surface area contributed by atoms with Gasteiger partial charge >= 0.3 is 0 Å². The Morgan fingerprint density at radius 3 is 3.09 bits per heavy atom. The molecule has 0 bridgehead atoms. The van der Waals surface area contributed by atoms with E-state index in [0.717, 1.165) is 15.8 Å². The van der Waals surface area contributed by atoms with Crippen molar-refractivity contribution < 1.29 is 5.11 Å². The summed E-state index contributed by atoms with van der Waals surface area (Å²) in [6, 6.07) is 3.52. The van der Waals surface area contributed by atoms with Crippen molar-refractivity contribution >= 4 is 21.7 Å². The molecule has 4 heteroatoms. The van der Waals surface area contributed by atoms with Crippen LogP contribution in [0, 0.1) is 6.92 Å². The number of phenols is 1. The third kappa shape index (κ3) is 0.952.